The van der Waals surface area contributed by atoms with Gasteiger partial charge in [-0.25, -0.2) is 4.39 Å². The molecule has 0 radical (unpaired) electrons. The number of methoxy groups -OCH3 is 1. The first-order chi connectivity index (χ1) is 11.7. The molecule has 1 atom stereocenters. The Morgan fingerprint density at radius 1 is 1.12 bits per heavy atom. The Labute approximate surface area is 142 Å². The van der Waals surface area contributed by atoms with E-state index in [1.54, 1.807) is 31.4 Å². The maximum atomic E-state index is 12.9. The van der Waals surface area contributed by atoms with E-state index >= 15 is 0 Å². The number of aliphatic hydroxyl groups is 1. The fourth-order valence-electron chi connectivity index (χ4n) is 2.05. The van der Waals surface area contributed by atoms with Crippen molar-refractivity contribution in [3.63, 3.8) is 0 Å². The Balaban J connectivity index is 1.61. The van der Waals surface area contributed by atoms with Crippen LogP contribution >= 0.6 is 11.8 Å². The summed E-state index contributed by atoms with van der Waals surface area (Å²) in [5, 5.41) is 18.4. The van der Waals surface area contributed by atoms with Crippen LogP contribution in [0.25, 0.3) is 11.5 Å². The summed E-state index contributed by atoms with van der Waals surface area (Å²) in [6.07, 6.45) is -0.665. The first-order valence-corrected chi connectivity index (χ1v) is 8.18. The minimum atomic E-state index is -0.665. The molecule has 124 valence electrons. The molecule has 2 aromatic carbocycles. The molecule has 3 rings (SSSR count). The molecule has 5 nitrogen and oxygen atoms in total. The van der Waals surface area contributed by atoms with Crippen molar-refractivity contribution < 1.29 is 18.7 Å². The lowest BCUT2D eigenvalue weighted by molar-refractivity contribution is 0.203. The lowest BCUT2D eigenvalue weighted by Gasteiger charge is -2.09. The number of ether oxygens (including phenoxy) is 1. The molecule has 0 saturated heterocycles. The molecule has 0 saturated carbocycles. The van der Waals surface area contributed by atoms with Crippen molar-refractivity contribution in [3.05, 3.63) is 59.9 Å². The number of benzene rings is 2. The molecule has 1 heterocycles. The van der Waals surface area contributed by atoms with E-state index in [0.717, 1.165) is 11.3 Å². The molecule has 0 bridgehead atoms. The Bertz CT molecular complexity index is 790. The average molecular weight is 346 g/mol. The largest absolute Gasteiger partial charge is 0.497 e. The van der Waals surface area contributed by atoms with E-state index in [0.29, 0.717) is 22.4 Å². The molecule has 7 heteroatoms. The van der Waals surface area contributed by atoms with Crippen LogP contribution in [0.2, 0.25) is 0 Å². The highest BCUT2D eigenvalue weighted by molar-refractivity contribution is 7.99. The van der Waals surface area contributed by atoms with Gasteiger partial charge in [0.1, 0.15) is 11.6 Å². The molecule has 0 aliphatic heterocycles. The molecule has 1 N–H and O–H groups in total. The molecule has 24 heavy (non-hydrogen) atoms. The van der Waals surface area contributed by atoms with Crippen LogP contribution in [-0.2, 0) is 0 Å². The fraction of sp³-hybridized carbons (Fsp3) is 0.176. The van der Waals surface area contributed by atoms with E-state index in [4.69, 9.17) is 9.15 Å². The number of rotatable bonds is 6. The first kappa shape index (κ1) is 16.5. The summed E-state index contributed by atoms with van der Waals surface area (Å²) in [6.45, 7) is 0. The van der Waals surface area contributed by atoms with E-state index in [2.05, 4.69) is 10.2 Å². The summed E-state index contributed by atoms with van der Waals surface area (Å²) < 4.78 is 23.5. The van der Waals surface area contributed by atoms with Gasteiger partial charge in [-0.3, -0.25) is 0 Å². The van der Waals surface area contributed by atoms with E-state index < -0.39 is 6.10 Å². The average Bonchev–Trinajstić information content (AvgIpc) is 3.09. The van der Waals surface area contributed by atoms with Gasteiger partial charge in [-0.05, 0) is 42.0 Å². The van der Waals surface area contributed by atoms with Crippen LogP contribution in [0.5, 0.6) is 5.75 Å². The molecule has 0 aliphatic rings. The summed E-state index contributed by atoms with van der Waals surface area (Å²) in [5.41, 5.74) is 1.42. The van der Waals surface area contributed by atoms with Crippen molar-refractivity contribution in [2.75, 3.05) is 12.9 Å². The number of halogens is 1. The van der Waals surface area contributed by atoms with Gasteiger partial charge in [-0.2, -0.15) is 0 Å². The van der Waals surface area contributed by atoms with Gasteiger partial charge in [-0.1, -0.05) is 23.9 Å². The second kappa shape index (κ2) is 7.46. The zero-order valence-corrected chi connectivity index (χ0v) is 13.7. The molecule has 0 fully saturated rings. The third-order valence-electron chi connectivity index (χ3n) is 3.36. The third-order valence-corrected chi connectivity index (χ3v) is 4.26. The molecule has 1 aromatic heterocycles. The Kier molecular flexibility index (Phi) is 5.12. The second-order valence-electron chi connectivity index (χ2n) is 4.98. The van der Waals surface area contributed by atoms with Gasteiger partial charge in [0.2, 0.25) is 5.89 Å². The number of nitrogens with zero attached hydrogens (tertiary/aromatic N) is 2. The van der Waals surface area contributed by atoms with Crippen molar-refractivity contribution >= 4 is 11.8 Å². The number of hydrogen-bond acceptors (Lipinski definition) is 6. The highest BCUT2D eigenvalue weighted by Crippen LogP contribution is 2.27. The number of hydrogen-bond donors (Lipinski definition) is 1. The smallest absolute Gasteiger partial charge is 0.276 e. The maximum absolute atomic E-state index is 12.9. The quantitative estimate of drug-likeness (QED) is 0.686. The normalized spacial score (nSPS) is 12.1. The van der Waals surface area contributed by atoms with Crippen LogP contribution in [0.4, 0.5) is 4.39 Å². The molecule has 0 spiro atoms. The van der Waals surface area contributed by atoms with Crippen molar-refractivity contribution in [1.29, 1.82) is 0 Å². The summed E-state index contributed by atoms with van der Waals surface area (Å²) in [7, 11) is 1.59. The fourth-order valence-corrected chi connectivity index (χ4v) is 2.78. The predicted molar refractivity (Wildman–Crippen MR) is 88.4 cm³/mol. The zero-order valence-electron chi connectivity index (χ0n) is 12.8. The van der Waals surface area contributed by atoms with E-state index in [9.17, 15) is 9.50 Å². The topological polar surface area (TPSA) is 68.4 Å². The van der Waals surface area contributed by atoms with Gasteiger partial charge in [0, 0.05) is 11.3 Å². The maximum Gasteiger partial charge on any atom is 0.276 e. The van der Waals surface area contributed by atoms with Crippen LogP contribution in [0.15, 0.2) is 58.2 Å². The minimum Gasteiger partial charge on any atom is -0.497 e. The van der Waals surface area contributed by atoms with Gasteiger partial charge < -0.3 is 14.3 Å². The standard InChI is InChI=1S/C17H15FN2O3S/c1-22-14-8-4-11(5-9-14)15(21)10-24-17-20-19-16(23-17)12-2-6-13(18)7-3-12/h2-9,15,21H,10H2,1H3/t15-/m1/s1. The van der Waals surface area contributed by atoms with Gasteiger partial charge >= 0.3 is 0 Å². The van der Waals surface area contributed by atoms with Crippen molar-refractivity contribution in [2.45, 2.75) is 11.3 Å². The van der Waals surface area contributed by atoms with Crippen molar-refractivity contribution in [1.82, 2.24) is 10.2 Å². The predicted octanol–water partition coefficient (Wildman–Crippen LogP) is 3.71. The van der Waals surface area contributed by atoms with Crippen molar-refractivity contribution in [2.24, 2.45) is 0 Å². The van der Waals surface area contributed by atoms with Gasteiger partial charge in [-0.15, -0.1) is 10.2 Å². The summed E-state index contributed by atoms with van der Waals surface area (Å²) in [4.78, 5) is 0. The zero-order chi connectivity index (χ0) is 16.9. The Morgan fingerprint density at radius 3 is 2.50 bits per heavy atom. The first-order valence-electron chi connectivity index (χ1n) is 7.20. The number of aliphatic hydroxyl groups excluding tert-OH is 1. The monoisotopic (exact) mass is 346 g/mol. The molecular weight excluding hydrogens is 331 g/mol. The molecule has 3 aromatic rings. The molecule has 0 unspecified atom stereocenters. The summed E-state index contributed by atoms with van der Waals surface area (Å²) >= 11 is 1.26. The van der Waals surface area contributed by atoms with E-state index in [-0.39, 0.29) is 5.82 Å². The van der Waals surface area contributed by atoms with Gasteiger partial charge in [0.15, 0.2) is 0 Å². The summed E-state index contributed by atoms with van der Waals surface area (Å²) in [5.74, 6) is 1.10. The Morgan fingerprint density at radius 2 is 1.83 bits per heavy atom. The number of thioether (sulfide) groups is 1. The lowest BCUT2D eigenvalue weighted by atomic mass is 10.1. The summed E-state index contributed by atoms with van der Waals surface area (Å²) in [6, 6.07) is 13.0. The van der Waals surface area contributed by atoms with Crippen LogP contribution in [0, 0.1) is 5.82 Å². The van der Waals surface area contributed by atoms with Crippen LogP contribution in [0.3, 0.4) is 0 Å². The van der Waals surface area contributed by atoms with E-state index in [1.807, 2.05) is 12.1 Å². The number of aromatic nitrogens is 2. The Hall–Kier alpha value is -2.38. The van der Waals surface area contributed by atoms with Crippen LogP contribution in [-0.4, -0.2) is 28.2 Å². The van der Waals surface area contributed by atoms with Crippen LogP contribution in [0.1, 0.15) is 11.7 Å². The van der Waals surface area contributed by atoms with Gasteiger partial charge in [0.25, 0.3) is 5.22 Å². The molecular formula is C17H15FN2O3S. The van der Waals surface area contributed by atoms with Crippen LogP contribution < -0.4 is 4.74 Å². The van der Waals surface area contributed by atoms with Gasteiger partial charge in [0.05, 0.1) is 13.2 Å². The SMILES string of the molecule is COc1ccc([C@H](O)CSc2nnc(-c3ccc(F)cc3)o2)cc1. The van der Waals surface area contributed by atoms with Crippen molar-refractivity contribution in [3.8, 4) is 17.2 Å². The highest BCUT2D eigenvalue weighted by Gasteiger charge is 2.13. The van der Waals surface area contributed by atoms with E-state index in [1.165, 1.54) is 23.9 Å². The molecule has 0 amide bonds. The highest BCUT2D eigenvalue weighted by atomic mass is 32.2. The molecule has 0 aliphatic carbocycles. The third kappa shape index (κ3) is 3.93. The second-order valence-corrected chi connectivity index (χ2v) is 5.95. The minimum absolute atomic E-state index is 0.316. The lowest BCUT2D eigenvalue weighted by Crippen LogP contribution is -2.00.